The van der Waals surface area contributed by atoms with Gasteiger partial charge in [0.2, 0.25) is 20.0 Å². The highest BCUT2D eigenvalue weighted by Gasteiger charge is 2.20. The molecule has 0 saturated heterocycles. The molecule has 16 heteroatoms. The van der Waals surface area contributed by atoms with Crippen LogP contribution in [0.5, 0.6) is 0 Å². The number of hydrogen-bond acceptors (Lipinski definition) is 10. The van der Waals surface area contributed by atoms with Crippen LogP contribution in [0.25, 0.3) is 22.1 Å². The molecule has 0 bridgehead atoms. The van der Waals surface area contributed by atoms with Crippen LogP contribution in [0.2, 0.25) is 10.0 Å². The van der Waals surface area contributed by atoms with Crippen molar-refractivity contribution in [3.05, 3.63) is 34.3 Å². The van der Waals surface area contributed by atoms with Crippen molar-refractivity contribution in [2.75, 3.05) is 18.0 Å². The van der Waals surface area contributed by atoms with Crippen molar-refractivity contribution in [3.63, 3.8) is 0 Å². The first-order valence-electron chi connectivity index (χ1n) is 7.76. The van der Waals surface area contributed by atoms with Crippen LogP contribution in [0.15, 0.2) is 38.4 Å². The van der Waals surface area contributed by atoms with Crippen molar-refractivity contribution in [3.8, 4) is 0 Å². The quantitative estimate of drug-likeness (QED) is 0.427. The Balaban J connectivity index is 0.000000171. The summed E-state index contributed by atoms with van der Waals surface area (Å²) in [5, 5.41) is 14.8. The summed E-state index contributed by atoms with van der Waals surface area (Å²) in [7, 11) is -5.64. The third kappa shape index (κ3) is 4.62. The lowest BCUT2D eigenvalue weighted by Crippen LogP contribution is -2.18. The van der Waals surface area contributed by atoms with Gasteiger partial charge in [0.1, 0.15) is 4.90 Å². The molecule has 4 rings (SSSR count). The SMILES string of the molecule is CNS(=O)(=O)c1ccc(Cl)c2nonc12.CS(=O)(=O)Nc1ccc(Cl)c2nonc12. The largest absolute Gasteiger partial charge is 0.281 e. The zero-order valence-electron chi connectivity index (χ0n) is 15.1. The minimum absolute atomic E-state index is 0.00866. The first-order valence-corrected chi connectivity index (χ1v) is 11.9. The summed E-state index contributed by atoms with van der Waals surface area (Å²) in [6.07, 6.45) is 1.04. The van der Waals surface area contributed by atoms with E-state index in [9.17, 15) is 16.8 Å². The van der Waals surface area contributed by atoms with Gasteiger partial charge >= 0.3 is 0 Å². The van der Waals surface area contributed by atoms with Crippen LogP contribution >= 0.6 is 23.2 Å². The Morgan fingerprint density at radius 3 is 1.87 bits per heavy atom. The summed E-state index contributed by atoms with van der Waals surface area (Å²) >= 11 is 11.6. The number of sulfonamides is 2. The molecule has 30 heavy (non-hydrogen) atoms. The number of benzene rings is 2. The molecule has 2 N–H and O–H groups in total. The molecule has 0 fully saturated rings. The highest BCUT2D eigenvalue weighted by molar-refractivity contribution is 7.92. The van der Waals surface area contributed by atoms with E-state index in [1.165, 1.54) is 31.3 Å². The van der Waals surface area contributed by atoms with Gasteiger partial charge in [0.25, 0.3) is 0 Å². The lowest BCUT2D eigenvalue weighted by Gasteiger charge is -2.03. The van der Waals surface area contributed by atoms with Gasteiger partial charge in [-0.15, -0.1) is 0 Å². The Labute approximate surface area is 179 Å². The fourth-order valence-electron chi connectivity index (χ4n) is 2.26. The summed E-state index contributed by atoms with van der Waals surface area (Å²) in [6, 6.07) is 5.79. The molecule has 4 aromatic rings. The molecule has 160 valence electrons. The third-order valence-electron chi connectivity index (χ3n) is 3.55. The predicted molar refractivity (Wildman–Crippen MR) is 108 cm³/mol. The normalized spacial score (nSPS) is 12.0. The molecule has 0 atom stereocenters. The predicted octanol–water partition coefficient (Wildman–Crippen LogP) is 2.03. The van der Waals surface area contributed by atoms with Gasteiger partial charge in [0.15, 0.2) is 22.1 Å². The standard InChI is InChI=1S/2C7H6ClN3O3S/c1-15(12,13)11-5-3-2-4(8)6-7(5)10-14-9-6;1-9-15(12,13)5-3-2-4(8)6-7(5)11-14-10-6/h2-3,11H,1H3;2-3,9H,1H3. The van der Waals surface area contributed by atoms with Crippen LogP contribution in [0.3, 0.4) is 0 Å². The van der Waals surface area contributed by atoms with Gasteiger partial charge in [-0.3, -0.25) is 4.72 Å². The van der Waals surface area contributed by atoms with Crippen LogP contribution in [-0.4, -0.2) is 50.8 Å². The number of fused-ring (bicyclic) bond motifs is 2. The number of nitrogens with zero attached hydrogens (tertiary/aromatic N) is 4. The Morgan fingerprint density at radius 1 is 0.800 bits per heavy atom. The van der Waals surface area contributed by atoms with Crippen molar-refractivity contribution in [2.45, 2.75) is 4.90 Å². The summed E-state index contributed by atoms with van der Waals surface area (Å²) in [6.45, 7) is 0. The number of hydrogen-bond donors (Lipinski definition) is 2. The minimum atomic E-state index is -3.58. The zero-order valence-corrected chi connectivity index (χ0v) is 18.3. The highest BCUT2D eigenvalue weighted by Crippen LogP contribution is 2.27. The van der Waals surface area contributed by atoms with Crippen molar-refractivity contribution in [1.29, 1.82) is 0 Å². The summed E-state index contributed by atoms with van der Waals surface area (Å²) in [5.74, 6) is 0. The van der Waals surface area contributed by atoms with E-state index in [1.54, 1.807) is 0 Å². The average Bonchev–Trinajstić information content (AvgIpc) is 3.34. The second kappa shape index (κ2) is 8.31. The Hall–Kier alpha value is -2.52. The van der Waals surface area contributed by atoms with E-state index >= 15 is 0 Å². The topological polar surface area (TPSA) is 170 Å². The number of rotatable bonds is 4. The zero-order chi connectivity index (χ0) is 22.1. The maximum atomic E-state index is 11.6. The van der Waals surface area contributed by atoms with Crippen molar-refractivity contribution < 1.29 is 26.1 Å². The molecule has 0 aliphatic heterocycles. The Kier molecular flexibility index (Phi) is 6.14. The monoisotopic (exact) mass is 494 g/mol. The molecule has 0 aliphatic carbocycles. The first kappa shape index (κ1) is 22.2. The molecule has 2 heterocycles. The van der Waals surface area contributed by atoms with Crippen LogP contribution < -0.4 is 9.44 Å². The molecule has 2 aromatic heterocycles. The lowest BCUT2D eigenvalue weighted by atomic mass is 10.3. The van der Waals surface area contributed by atoms with Crippen LogP contribution in [0, 0.1) is 0 Å². The van der Waals surface area contributed by atoms with Gasteiger partial charge in [0, 0.05) is 0 Å². The van der Waals surface area contributed by atoms with Crippen LogP contribution in [-0.2, 0) is 20.0 Å². The van der Waals surface area contributed by atoms with E-state index < -0.39 is 20.0 Å². The molecule has 0 aliphatic rings. The number of halogens is 2. The molecular weight excluding hydrogens is 483 g/mol. The summed E-state index contributed by atoms with van der Waals surface area (Å²) in [4.78, 5) is -0.00866. The van der Waals surface area contributed by atoms with Gasteiger partial charge in [-0.1, -0.05) is 23.2 Å². The summed E-state index contributed by atoms with van der Waals surface area (Å²) < 4.78 is 58.6. The first-order chi connectivity index (χ1) is 14.0. The maximum absolute atomic E-state index is 11.6. The molecule has 0 unspecified atom stereocenters. The molecule has 0 spiro atoms. The second-order valence-electron chi connectivity index (χ2n) is 5.65. The number of nitrogens with one attached hydrogen (secondary N) is 2. The second-order valence-corrected chi connectivity index (χ2v) is 10.1. The Morgan fingerprint density at radius 2 is 1.30 bits per heavy atom. The molecule has 12 nitrogen and oxygen atoms in total. The number of anilines is 1. The number of aromatic nitrogens is 4. The van der Waals surface area contributed by atoms with E-state index in [0.717, 1.165) is 6.26 Å². The van der Waals surface area contributed by atoms with Crippen molar-refractivity contribution >= 4 is 71.0 Å². The van der Waals surface area contributed by atoms with Gasteiger partial charge in [-0.2, -0.15) is 0 Å². The van der Waals surface area contributed by atoms with Gasteiger partial charge in [0.05, 0.1) is 22.0 Å². The van der Waals surface area contributed by atoms with Gasteiger partial charge in [-0.05, 0) is 51.9 Å². The van der Waals surface area contributed by atoms with Gasteiger partial charge in [-0.25, -0.2) is 30.8 Å². The fraction of sp³-hybridized carbons (Fsp3) is 0.143. The van der Waals surface area contributed by atoms with E-state index in [2.05, 4.69) is 39.3 Å². The minimum Gasteiger partial charge on any atom is -0.281 e. The lowest BCUT2D eigenvalue weighted by molar-refractivity contribution is 0.315. The van der Waals surface area contributed by atoms with E-state index in [-0.39, 0.29) is 27.1 Å². The molecule has 2 aromatic carbocycles. The molecule has 0 radical (unpaired) electrons. The van der Waals surface area contributed by atoms with Crippen molar-refractivity contribution in [2.24, 2.45) is 0 Å². The molecular formula is C14H12Cl2N6O6S2. The smallest absolute Gasteiger partial charge is 0.242 e. The maximum Gasteiger partial charge on any atom is 0.242 e. The average molecular weight is 495 g/mol. The van der Waals surface area contributed by atoms with E-state index in [0.29, 0.717) is 15.6 Å². The van der Waals surface area contributed by atoms with E-state index in [4.69, 9.17) is 23.2 Å². The van der Waals surface area contributed by atoms with Crippen LogP contribution in [0.4, 0.5) is 5.69 Å². The third-order valence-corrected chi connectivity index (χ3v) is 6.20. The van der Waals surface area contributed by atoms with Crippen molar-refractivity contribution in [1.82, 2.24) is 25.3 Å². The fourth-order valence-corrected chi connectivity index (χ4v) is 4.05. The molecule has 0 amide bonds. The van der Waals surface area contributed by atoms with E-state index in [1.807, 2.05) is 0 Å². The molecule has 0 saturated carbocycles. The highest BCUT2D eigenvalue weighted by atomic mass is 35.5. The van der Waals surface area contributed by atoms with Crippen LogP contribution in [0.1, 0.15) is 0 Å². The van der Waals surface area contributed by atoms with Gasteiger partial charge < -0.3 is 0 Å². The summed E-state index contributed by atoms with van der Waals surface area (Å²) in [5.41, 5.74) is 1.25. The Bertz CT molecular complexity index is 1430.